The first-order valence-electron chi connectivity index (χ1n) is 8.22. The van der Waals surface area contributed by atoms with Crippen LogP contribution >= 0.6 is 0 Å². The van der Waals surface area contributed by atoms with Gasteiger partial charge in [-0.1, -0.05) is 12.1 Å². The number of rotatable bonds is 3. The third-order valence-electron chi connectivity index (χ3n) is 4.33. The minimum Gasteiger partial charge on any atom is -0.493 e. The molecule has 1 aromatic heterocycles. The van der Waals surface area contributed by atoms with Crippen molar-refractivity contribution in [1.29, 1.82) is 0 Å². The molecule has 2 heterocycles. The molecule has 0 saturated carbocycles. The first kappa shape index (κ1) is 14.8. The van der Waals surface area contributed by atoms with Gasteiger partial charge in [0.25, 0.3) is 5.56 Å². The van der Waals surface area contributed by atoms with E-state index in [1.807, 2.05) is 37.3 Å². The molecule has 24 heavy (non-hydrogen) atoms. The van der Waals surface area contributed by atoms with Crippen LogP contribution in [-0.2, 0) is 6.42 Å². The molecule has 122 valence electrons. The summed E-state index contributed by atoms with van der Waals surface area (Å²) >= 11 is 0. The van der Waals surface area contributed by atoms with Crippen molar-refractivity contribution in [1.82, 2.24) is 9.97 Å². The topological polar surface area (TPSA) is 67.0 Å². The number of hydrogen-bond donors (Lipinski definition) is 2. The Hall–Kier alpha value is -2.82. The van der Waals surface area contributed by atoms with Gasteiger partial charge in [0.1, 0.15) is 11.6 Å². The summed E-state index contributed by atoms with van der Waals surface area (Å²) in [7, 11) is 0. The molecule has 0 amide bonds. The van der Waals surface area contributed by atoms with Gasteiger partial charge in [-0.05, 0) is 55.7 Å². The van der Waals surface area contributed by atoms with Crippen LogP contribution in [0.3, 0.4) is 0 Å². The number of aryl methyl sites for hydroxylation is 1. The van der Waals surface area contributed by atoms with E-state index < -0.39 is 0 Å². The number of ether oxygens (including phenoxy) is 1. The second-order valence-electron chi connectivity index (χ2n) is 6.11. The maximum Gasteiger partial charge on any atom is 0.258 e. The largest absolute Gasteiger partial charge is 0.493 e. The number of anilines is 1. The Bertz CT molecular complexity index is 949. The number of fused-ring (bicyclic) bond motifs is 2. The van der Waals surface area contributed by atoms with Crippen LogP contribution in [0.1, 0.15) is 30.8 Å². The van der Waals surface area contributed by atoms with Crippen LogP contribution in [0.4, 0.5) is 5.69 Å². The zero-order chi connectivity index (χ0) is 16.5. The highest BCUT2D eigenvalue weighted by Gasteiger charge is 2.14. The van der Waals surface area contributed by atoms with Gasteiger partial charge in [0.05, 0.1) is 23.6 Å². The minimum absolute atomic E-state index is 0.107. The van der Waals surface area contributed by atoms with Crippen molar-refractivity contribution in [2.24, 2.45) is 0 Å². The van der Waals surface area contributed by atoms with Gasteiger partial charge in [0, 0.05) is 5.69 Å². The first-order valence-corrected chi connectivity index (χ1v) is 8.22. The quantitative estimate of drug-likeness (QED) is 0.775. The maximum absolute atomic E-state index is 12.2. The van der Waals surface area contributed by atoms with Crippen molar-refractivity contribution in [2.75, 3.05) is 11.9 Å². The molecule has 0 aliphatic carbocycles. The lowest BCUT2D eigenvalue weighted by molar-refractivity contribution is 0.288. The molecule has 2 N–H and O–H groups in total. The summed E-state index contributed by atoms with van der Waals surface area (Å²) in [4.78, 5) is 19.7. The average molecular weight is 321 g/mol. The smallest absolute Gasteiger partial charge is 0.258 e. The lowest BCUT2D eigenvalue weighted by atomic mass is 10.1. The first-order chi connectivity index (χ1) is 11.7. The summed E-state index contributed by atoms with van der Waals surface area (Å²) in [6.45, 7) is 2.78. The SMILES string of the molecule is C[C@@H](Nc1ccc2c(c1)CCCO2)c1nc2ccccc2c(=O)[nH]1. The van der Waals surface area contributed by atoms with Crippen LogP contribution in [-0.4, -0.2) is 16.6 Å². The van der Waals surface area contributed by atoms with Crippen LogP contribution in [0.5, 0.6) is 5.75 Å². The average Bonchev–Trinajstić information content (AvgIpc) is 2.61. The van der Waals surface area contributed by atoms with Gasteiger partial charge in [-0.25, -0.2) is 4.98 Å². The van der Waals surface area contributed by atoms with E-state index >= 15 is 0 Å². The maximum atomic E-state index is 12.2. The number of aromatic nitrogens is 2. The van der Waals surface area contributed by atoms with Crippen LogP contribution in [0.25, 0.3) is 10.9 Å². The molecule has 4 rings (SSSR count). The van der Waals surface area contributed by atoms with Crippen molar-refractivity contribution >= 4 is 16.6 Å². The summed E-state index contributed by atoms with van der Waals surface area (Å²) in [6, 6.07) is 13.4. The molecule has 0 spiro atoms. The molecule has 0 saturated heterocycles. The molecular weight excluding hydrogens is 302 g/mol. The fraction of sp³-hybridized carbons (Fsp3) is 0.263. The number of nitrogens with one attached hydrogen (secondary N) is 2. The van der Waals surface area contributed by atoms with Gasteiger partial charge in [-0.3, -0.25) is 4.79 Å². The minimum atomic E-state index is -0.108. The molecule has 1 aliphatic heterocycles. The Morgan fingerprint density at radius 3 is 3.04 bits per heavy atom. The monoisotopic (exact) mass is 321 g/mol. The fourth-order valence-corrected chi connectivity index (χ4v) is 3.08. The van der Waals surface area contributed by atoms with Crippen LogP contribution in [0.2, 0.25) is 0 Å². The number of hydrogen-bond acceptors (Lipinski definition) is 4. The third kappa shape index (κ3) is 2.73. The Kier molecular flexibility index (Phi) is 3.69. The highest BCUT2D eigenvalue weighted by molar-refractivity contribution is 5.77. The lowest BCUT2D eigenvalue weighted by Crippen LogP contribution is -2.18. The van der Waals surface area contributed by atoms with Gasteiger partial charge in [-0.2, -0.15) is 0 Å². The fourth-order valence-electron chi connectivity index (χ4n) is 3.08. The zero-order valence-corrected chi connectivity index (χ0v) is 13.5. The Labute approximate surface area is 139 Å². The van der Waals surface area contributed by atoms with Gasteiger partial charge in [-0.15, -0.1) is 0 Å². The van der Waals surface area contributed by atoms with Crippen molar-refractivity contribution < 1.29 is 4.74 Å². The molecule has 0 fully saturated rings. The zero-order valence-electron chi connectivity index (χ0n) is 13.5. The van der Waals surface area contributed by atoms with Crippen LogP contribution in [0, 0.1) is 0 Å². The van der Waals surface area contributed by atoms with E-state index in [1.54, 1.807) is 6.07 Å². The van der Waals surface area contributed by atoms with E-state index in [-0.39, 0.29) is 11.6 Å². The van der Waals surface area contributed by atoms with Gasteiger partial charge < -0.3 is 15.0 Å². The summed E-state index contributed by atoms with van der Waals surface area (Å²) in [6.07, 6.45) is 2.08. The normalized spacial score (nSPS) is 14.7. The Balaban J connectivity index is 1.62. The Morgan fingerprint density at radius 1 is 1.25 bits per heavy atom. The third-order valence-corrected chi connectivity index (χ3v) is 4.33. The van der Waals surface area contributed by atoms with E-state index in [9.17, 15) is 4.79 Å². The lowest BCUT2D eigenvalue weighted by Gasteiger charge is -2.20. The van der Waals surface area contributed by atoms with Gasteiger partial charge in [0.15, 0.2) is 0 Å². The van der Waals surface area contributed by atoms with E-state index in [2.05, 4.69) is 21.4 Å². The number of H-pyrrole nitrogens is 1. The highest BCUT2D eigenvalue weighted by Crippen LogP contribution is 2.28. The summed E-state index contributed by atoms with van der Waals surface area (Å²) < 4.78 is 5.64. The van der Waals surface area contributed by atoms with E-state index in [4.69, 9.17) is 4.74 Å². The second-order valence-corrected chi connectivity index (χ2v) is 6.11. The van der Waals surface area contributed by atoms with Crippen molar-refractivity contribution in [3.05, 3.63) is 64.2 Å². The molecule has 0 unspecified atom stereocenters. The predicted molar refractivity (Wildman–Crippen MR) is 94.7 cm³/mol. The molecular formula is C19H19N3O2. The van der Waals surface area contributed by atoms with Crippen LogP contribution in [0.15, 0.2) is 47.3 Å². The van der Waals surface area contributed by atoms with Gasteiger partial charge in [0.2, 0.25) is 0 Å². The summed E-state index contributed by atoms with van der Waals surface area (Å²) in [5.41, 5.74) is 2.83. The van der Waals surface area contributed by atoms with E-state index in [0.717, 1.165) is 30.9 Å². The molecule has 1 atom stereocenters. The summed E-state index contributed by atoms with van der Waals surface area (Å²) in [5.74, 6) is 1.60. The molecule has 0 radical (unpaired) electrons. The van der Waals surface area contributed by atoms with Gasteiger partial charge >= 0.3 is 0 Å². The van der Waals surface area contributed by atoms with Crippen LogP contribution < -0.4 is 15.6 Å². The van der Waals surface area contributed by atoms with Crippen molar-refractivity contribution in [3.8, 4) is 5.75 Å². The molecule has 1 aliphatic rings. The standard InChI is InChI=1S/C19H19N3O2/c1-12(18-21-16-7-3-2-6-15(16)19(23)22-18)20-14-8-9-17-13(11-14)5-4-10-24-17/h2-3,6-9,11-12,20H,4-5,10H2,1H3,(H,21,22,23)/t12-/m1/s1. The number of benzene rings is 2. The molecule has 5 heteroatoms. The van der Waals surface area contributed by atoms with Crippen molar-refractivity contribution in [3.63, 3.8) is 0 Å². The van der Waals surface area contributed by atoms with E-state index in [0.29, 0.717) is 16.7 Å². The number of aromatic amines is 1. The second kappa shape index (κ2) is 6.00. The summed E-state index contributed by atoms with van der Waals surface area (Å²) in [5, 5.41) is 4.02. The molecule has 3 aromatic rings. The number of nitrogens with zero attached hydrogens (tertiary/aromatic N) is 1. The molecule has 0 bridgehead atoms. The molecule has 2 aromatic carbocycles. The predicted octanol–water partition coefficient (Wildman–Crippen LogP) is 3.42. The molecule has 5 nitrogen and oxygen atoms in total. The Morgan fingerprint density at radius 2 is 2.12 bits per heavy atom. The van der Waals surface area contributed by atoms with E-state index in [1.165, 1.54) is 5.56 Å². The highest BCUT2D eigenvalue weighted by atomic mass is 16.5. The number of para-hydroxylation sites is 1. The van der Waals surface area contributed by atoms with Crippen molar-refractivity contribution in [2.45, 2.75) is 25.8 Å².